The van der Waals surface area contributed by atoms with E-state index >= 15 is 0 Å². The van der Waals surface area contributed by atoms with Crippen LogP contribution in [0.15, 0.2) is 23.4 Å². The Balaban J connectivity index is 3.10. The molecule has 0 unspecified atom stereocenters. The average molecular weight is 230 g/mol. The lowest BCUT2D eigenvalue weighted by atomic mass is 10.2. The summed E-state index contributed by atoms with van der Waals surface area (Å²) < 4.78 is 4.94. The molecule has 0 saturated carbocycles. The highest BCUT2D eigenvalue weighted by Gasteiger charge is 2.02. The summed E-state index contributed by atoms with van der Waals surface area (Å²) in [6.07, 6.45) is 0. The predicted molar refractivity (Wildman–Crippen MR) is 51.1 cm³/mol. The quantitative estimate of drug-likeness (QED) is 0.591. The number of benzene rings is 1. The van der Waals surface area contributed by atoms with E-state index in [1.54, 1.807) is 19.2 Å². The minimum Gasteiger partial charge on any atom is -0.497 e. The smallest absolute Gasteiger partial charge is 0.121 e. The molecule has 0 aromatic heterocycles. The summed E-state index contributed by atoms with van der Waals surface area (Å²) in [6.45, 7) is 0. The number of hydrogen-bond acceptors (Lipinski definition) is 3. The molecule has 3 nitrogen and oxygen atoms in total. The Morgan fingerprint density at radius 2 is 2.33 bits per heavy atom. The lowest BCUT2D eigenvalue weighted by Gasteiger charge is -2.02. The first-order valence-corrected chi connectivity index (χ1v) is 4.50. The first-order valence-electron chi connectivity index (χ1n) is 3.38. The second-order valence-electron chi connectivity index (χ2n) is 2.22. The number of nitroso groups, excluding NO2 is 1. The van der Waals surface area contributed by atoms with Crippen molar-refractivity contribution in [1.82, 2.24) is 0 Å². The fraction of sp³-hybridized carbons (Fsp3) is 0.250. The molecule has 1 aromatic rings. The van der Waals surface area contributed by atoms with Gasteiger partial charge in [-0.25, -0.2) is 0 Å². The summed E-state index contributed by atoms with van der Waals surface area (Å²) in [5.74, 6) is 0.648. The molecule has 0 fully saturated rings. The molecule has 1 aromatic carbocycles. The van der Waals surface area contributed by atoms with Gasteiger partial charge in [0.05, 0.1) is 7.11 Å². The van der Waals surface area contributed by atoms with Crippen LogP contribution in [0.1, 0.15) is 5.56 Å². The molecular formula is C8H8BrNO2. The summed E-state index contributed by atoms with van der Waals surface area (Å²) >= 11 is 3.26. The van der Waals surface area contributed by atoms with E-state index in [1.165, 1.54) is 0 Å². The standard InChI is InChI=1S/C8H8BrNO2/c1-12-7-3-2-6(5-9)8(4-7)10-11/h2-4H,5H2,1H3. The molecule has 0 aliphatic heterocycles. The van der Waals surface area contributed by atoms with E-state index in [0.29, 0.717) is 16.8 Å². The molecule has 64 valence electrons. The molecule has 0 N–H and O–H groups in total. The van der Waals surface area contributed by atoms with Crippen LogP contribution in [0, 0.1) is 4.91 Å². The largest absolute Gasteiger partial charge is 0.497 e. The van der Waals surface area contributed by atoms with E-state index in [0.717, 1.165) is 5.56 Å². The van der Waals surface area contributed by atoms with Gasteiger partial charge in [0, 0.05) is 11.4 Å². The highest BCUT2D eigenvalue weighted by Crippen LogP contribution is 2.26. The van der Waals surface area contributed by atoms with E-state index < -0.39 is 0 Å². The highest BCUT2D eigenvalue weighted by atomic mass is 79.9. The molecule has 0 aliphatic carbocycles. The molecule has 0 radical (unpaired) electrons. The van der Waals surface area contributed by atoms with Crippen molar-refractivity contribution in [3.63, 3.8) is 0 Å². The molecule has 0 heterocycles. The van der Waals surface area contributed by atoms with E-state index in [4.69, 9.17) is 4.74 Å². The number of nitrogens with zero attached hydrogens (tertiary/aromatic N) is 1. The Morgan fingerprint density at radius 3 is 2.83 bits per heavy atom. The summed E-state index contributed by atoms with van der Waals surface area (Å²) in [4.78, 5) is 10.3. The van der Waals surface area contributed by atoms with E-state index in [2.05, 4.69) is 21.1 Å². The topological polar surface area (TPSA) is 38.7 Å². The van der Waals surface area contributed by atoms with Crippen LogP contribution in [0.4, 0.5) is 5.69 Å². The summed E-state index contributed by atoms with van der Waals surface area (Å²) in [5.41, 5.74) is 1.29. The van der Waals surface area contributed by atoms with Crippen molar-refractivity contribution in [1.29, 1.82) is 0 Å². The fourth-order valence-electron chi connectivity index (χ4n) is 0.869. The van der Waals surface area contributed by atoms with Crippen LogP contribution in [0.2, 0.25) is 0 Å². The molecule has 0 spiro atoms. The molecule has 0 aliphatic rings. The molecule has 0 amide bonds. The molecule has 12 heavy (non-hydrogen) atoms. The number of methoxy groups -OCH3 is 1. The van der Waals surface area contributed by atoms with Gasteiger partial charge in [-0.3, -0.25) is 0 Å². The van der Waals surface area contributed by atoms with Gasteiger partial charge in [-0.2, -0.15) is 0 Å². The van der Waals surface area contributed by atoms with Crippen molar-refractivity contribution in [3.05, 3.63) is 28.7 Å². The third kappa shape index (κ3) is 1.82. The van der Waals surface area contributed by atoms with Crippen molar-refractivity contribution >= 4 is 21.6 Å². The normalized spacial score (nSPS) is 9.50. The van der Waals surface area contributed by atoms with Gasteiger partial charge in [0.1, 0.15) is 11.4 Å². The van der Waals surface area contributed by atoms with Crippen molar-refractivity contribution in [2.24, 2.45) is 5.18 Å². The highest BCUT2D eigenvalue weighted by molar-refractivity contribution is 9.08. The minimum absolute atomic E-state index is 0.422. The number of hydrogen-bond donors (Lipinski definition) is 0. The number of rotatable bonds is 3. The van der Waals surface area contributed by atoms with Crippen LogP contribution < -0.4 is 4.74 Å². The predicted octanol–water partition coefficient (Wildman–Crippen LogP) is 2.99. The van der Waals surface area contributed by atoms with Crippen LogP contribution in [0.5, 0.6) is 5.75 Å². The lowest BCUT2D eigenvalue weighted by molar-refractivity contribution is 0.415. The van der Waals surface area contributed by atoms with E-state index in [9.17, 15) is 4.91 Å². The minimum atomic E-state index is 0.422. The van der Waals surface area contributed by atoms with Gasteiger partial charge in [0.2, 0.25) is 0 Å². The van der Waals surface area contributed by atoms with Gasteiger partial charge in [-0.05, 0) is 16.8 Å². The molecular weight excluding hydrogens is 222 g/mol. The van der Waals surface area contributed by atoms with Gasteiger partial charge in [0.25, 0.3) is 0 Å². The van der Waals surface area contributed by atoms with Crippen LogP contribution in [0.25, 0.3) is 0 Å². The third-order valence-electron chi connectivity index (χ3n) is 1.53. The van der Waals surface area contributed by atoms with Crippen molar-refractivity contribution in [2.45, 2.75) is 5.33 Å². The maximum absolute atomic E-state index is 10.3. The number of alkyl halides is 1. The van der Waals surface area contributed by atoms with Gasteiger partial charge < -0.3 is 4.74 Å². The van der Waals surface area contributed by atoms with E-state index in [-0.39, 0.29) is 0 Å². The number of ether oxygens (including phenoxy) is 1. The molecule has 4 heteroatoms. The van der Waals surface area contributed by atoms with Crippen molar-refractivity contribution < 1.29 is 4.74 Å². The Morgan fingerprint density at radius 1 is 1.58 bits per heavy atom. The van der Waals surface area contributed by atoms with Crippen LogP contribution in [0.3, 0.4) is 0 Å². The van der Waals surface area contributed by atoms with Crippen molar-refractivity contribution in [3.8, 4) is 5.75 Å². The summed E-state index contributed by atoms with van der Waals surface area (Å²) in [7, 11) is 1.55. The second kappa shape index (κ2) is 4.21. The zero-order valence-corrected chi connectivity index (χ0v) is 8.17. The monoisotopic (exact) mass is 229 g/mol. The van der Waals surface area contributed by atoms with Crippen molar-refractivity contribution in [2.75, 3.05) is 7.11 Å². The molecule has 0 bridgehead atoms. The molecule has 0 saturated heterocycles. The van der Waals surface area contributed by atoms with Gasteiger partial charge in [0.15, 0.2) is 0 Å². The Bertz CT molecular complexity index is 288. The Labute approximate surface area is 78.8 Å². The fourth-order valence-corrected chi connectivity index (χ4v) is 1.34. The first kappa shape index (κ1) is 9.19. The molecule has 0 atom stereocenters. The number of halogens is 1. The van der Waals surface area contributed by atoms with Crippen LogP contribution in [-0.4, -0.2) is 7.11 Å². The Kier molecular flexibility index (Phi) is 3.22. The van der Waals surface area contributed by atoms with Gasteiger partial charge >= 0.3 is 0 Å². The molecule has 1 rings (SSSR count). The second-order valence-corrected chi connectivity index (χ2v) is 2.78. The average Bonchev–Trinajstić information content (AvgIpc) is 2.16. The maximum atomic E-state index is 10.3. The van der Waals surface area contributed by atoms with Crippen LogP contribution >= 0.6 is 15.9 Å². The first-order chi connectivity index (χ1) is 5.81. The lowest BCUT2D eigenvalue weighted by Crippen LogP contribution is -1.84. The Hall–Kier alpha value is -0.900. The zero-order chi connectivity index (χ0) is 8.97. The van der Waals surface area contributed by atoms with Crippen LogP contribution in [-0.2, 0) is 5.33 Å². The summed E-state index contributed by atoms with van der Waals surface area (Å²) in [6, 6.07) is 5.22. The van der Waals surface area contributed by atoms with Gasteiger partial charge in [-0.15, -0.1) is 4.91 Å². The zero-order valence-electron chi connectivity index (χ0n) is 6.58. The SMILES string of the molecule is COc1ccc(CBr)c(N=O)c1. The summed E-state index contributed by atoms with van der Waals surface area (Å²) in [5, 5.41) is 3.51. The van der Waals surface area contributed by atoms with Gasteiger partial charge in [-0.1, -0.05) is 22.0 Å². The van der Waals surface area contributed by atoms with E-state index in [1.807, 2.05) is 6.07 Å². The maximum Gasteiger partial charge on any atom is 0.121 e. The third-order valence-corrected chi connectivity index (χ3v) is 2.14.